The van der Waals surface area contributed by atoms with E-state index in [-0.39, 0.29) is 5.75 Å². The minimum absolute atomic E-state index is 0.0398. The van der Waals surface area contributed by atoms with E-state index in [1.54, 1.807) is 74.4 Å². The van der Waals surface area contributed by atoms with Crippen LogP contribution in [0.15, 0.2) is 45.8 Å². The van der Waals surface area contributed by atoms with Gasteiger partial charge in [-0.15, -0.1) is 11.8 Å². The van der Waals surface area contributed by atoms with E-state index in [1.807, 2.05) is 0 Å². The van der Waals surface area contributed by atoms with Crippen molar-refractivity contribution >= 4 is 65.6 Å². The lowest BCUT2D eigenvalue weighted by Gasteiger charge is -2.28. The van der Waals surface area contributed by atoms with Crippen LogP contribution >= 0.6 is 35.4 Å². The van der Waals surface area contributed by atoms with Crippen molar-refractivity contribution in [3.8, 4) is 5.75 Å². The summed E-state index contributed by atoms with van der Waals surface area (Å²) in [6.45, 7) is 14.6. The maximum atomic E-state index is 16.4. The number of carbonyl (C=O) groups is 4. The highest BCUT2D eigenvalue weighted by Crippen LogP contribution is 2.50. The molecule has 1 fully saturated rings. The Kier molecular flexibility index (Phi) is 14.4. The number of anilines is 1. The first-order valence-corrected chi connectivity index (χ1v) is 19.7. The molecule has 0 aliphatic carbocycles. The van der Waals surface area contributed by atoms with Crippen LogP contribution in [0, 0.1) is 0 Å². The van der Waals surface area contributed by atoms with Gasteiger partial charge in [-0.3, -0.25) is 13.9 Å². The third-order valence-electron chi connectivity index (χ3n) is 6.53. The van der Waals surface area contributed by atoms with Gasteiger partial charge >= 0.3 is 37.7 Å². The summed E-state index contributed by atoms with van der Waals surface area (Å²) in [6.07, 6.45) is -6.39. The number of aromatic nitrogens is 2. The largest absolute Gasteiger partial charge is 0.509 e. The first-order chi connectivity index (χ1) is 24.7. The fourth-order valence-corrected chi connectivity index (χ4v) is 7.71. The van der Waals surface area contributed by atoms with Crippen LogP contribution in [0.3, 0.4) is 0 Å². The van der Waals surface area contributed by atoms with E-state index in [4.69, 9.17) is 28.0 Å². The zero-order valence-corrected chi connectivity index (χ0v) is 34.7. The van der Waals surface area contributed by atoms with Crippen LogP contribution in [0.25, 0.3) is 0 Å². The minimum atomic E-state index is -4.53. The number of carbonyl (C=O) groups excluding carboxylic acids is 3. The summed E-state index contributed by atoms with van der Waals surface area (Å²) < 4.78 is 64.3. The Morgan fingerprint density at radius 2 is 1.52 bits per heavy atom. The Morgan fingerprint density at radius 1 is 0.981 bits per heavy atom. The molecule has 54 heavy (non-hydrogen) atoms. The number of nitrogens with zero attached hydrogens (tertiary/aromatic N) is 3. The van der Waals surface area contributed by atoms with Gasteiger partial charge in [-0.2, -0.15) is 15.0 Å². The number of carboxylic acids is 1. The van der Waals surface area contributed by atoms with Crippen molar-refractivity contribution < 1.29 is 61.2 Å². The molecule has 0 spiro atoms. The monoisotopic (exact) mass is 866 g/mol. The van der Waals surface area contributed by atoms with Crippen molar-refractivity contribution in [2.45, 2.75) is 115 Å². The number of imide groups is 1. The molecule has 0 radical (unpaired) electrons. The van der Waals surface area contributed by atoms with Gasteiger partial charge < -0.3 is 28.6 Å². The Hall–Kier alpha value is -3.71. The lowest BCUT2D eigenvalue weighted by Crippen LogP contribution is -2.45. The number of aliphatic carboxylic acids is 1. The summed E-state index contributed by atoms with van der Waals surface area (Å²) in [5.41, 5.74) is -4.26. The van der Waals surface area contributed by atoms with Crippen molar-refractivity contribution in [1.29, 1.82) is 0 Å². The summed E-state index contributed by atoms with van der Waals surface area (Å²) in [5, 5.41) is 9.13. The summed E-state index contributed by atoms with van der Waals surface area (Å²) >= 11 is 4.01. The number of hydrogen-bond acceptors (Lipinski definition) is 14. The number of halogens is 2. The predicted octanol–water partition coefficient (Wildman–Crippen LogP) is 7.22. The van der Waals surface area contributed by atoms with Crippen LogP contribution in [0.2, 0.25) is 0 Å². The molecule has 1 aliphatic rings. The quantitative estimate of drug-likeness (QED) is 0.130. The number of hydrogen-bond donors (Lipinski definition) is 2. The molecule has 0 saturated carbocycles. The van der Waals surface area contributed by atoms with Gasteiger partial charge in [0, 0.05) is 10.7 Å². The molecule has 0 bridgehead atoms. The van der Waals surface area contributed by atoms with E-state index in [2.05, 4.69) is 26.0 Å². The van der Waals surface area contributed by atoms with Crippen LogP contribution in [-0.4, -0.2) is 85.9 Å². The Morgan fingerprint density at radius 3 is 2.00 bits per heavy atom. The number of rotatable bonds is 11. The summed E-state index contributed by atoms with van der Waals surface area (Å²) in [7, 11) is -4.53. The average molecular weight is 868 g/mol. The zero-order chi connectivity index (χ0) is 41.0. The SMILES string of the molecule is CC(NP(=O)(OC[C@H]1S[C@@H](n2ccc(N(C(=O)OC(C)(C)C)C(=O)OC(C)(C)C)nc2=O)[C@@H](F)[C@@H]1OC(=O)OC(C)(C)C)Oc1ccc(Br)cc1)C(=O)O. The second-order valence-corrected chi connectivity index (χ2v) is 18.8. The molecule has 2 heterocycles. The van der Waals surface area contributed by atoms with Crippen molar-refractivity contribution in [2.24, 2.45) is 0 Å². The maximum Gasteiger partial charge on any atom is 0.509 e. The van der Waals surface area contributed by atoms with Gasteiger partial charge in [-0.05, 0) is 99.6 Å². The molecule has 17 nitrogen and oxygen atoms in total. The van der Waals surface area contributed by atoms with E-state index in [1.165, 1.54) is 19.1 Å². The molecule has 1 aromatic carbocycles. The molecule has 2 aromatic rings. The van der Waals surface area contributed by atoms with Crippen molar-refractivity contribution in [3.05, 3.63) is 51.5 Å². The number of benzene rings is 1. The highest BCUT2D eigenvalue weighted by molar-refractivity contribution is 9.10. The highest BCUT2D eigenvalue weighted by Gasteiger charge is 2.50. The van der Waals surface area contributed by atoms with Crippen LogP contribution < -0.4 is 20.2 Å². The summed E-state index contributed by atoms with van der Waals surface area (Å²) in [5.74, 6) is -1.82. The molecular formula is C33H45BrFN4O13PS. The molecule has 1 aromatic heterocycles. The average Bonchev–Trinajstić information content (AvgIpc) is 3.28. The molecule has 1 saturated heterocycles. The highest BCUT2D eigenvalue weighted by atomic mass is 79.9. The standard InChI is InChI=1S/C33H45BrFN4O13PS/c1-18(26(40)41)37-53(46,52-20-13-11-19(34)12-14-20)47-17-21-24(48-30(45)51-33(8,9)10)23(35)25(54-21)38-16-15-22(36-27(38)42)39(28(43)49-31(2,3)4)29(44)50-32(5,6)7/h11-16,18,21,23-25H,17H2,1-10H3,(H,37,46)(H,40,41)/t18?,21-,23+,24-,25-,53?/m1/s1. The molecule has 3 rings (SSSR count). The second-order valence-electron chi connectivity index (χ2n) is 14.9. The van der Waals surface area contributed by atoms with Crippen LogP contribution in [0.5, 0.6) is 5.75 Å². The lowest BCUT2D eigenvalue weighted by atomic mass is 10.1. The first-order valence-electron chi connectivity index (χ1n) is 16.4. The van der Waals surface area contributed by atoms with Gasteiger partial charge in [0.15, 0.2) is 18.1 Å². The predicted molar refractivity (Wildman–Crippen MR) is 198 cm³/mol. The molecular weight excluding hydrogens is 822 g/mol. The van der Waals surface area contributed by atoms with Gasteiger partial charge in [0.1, 0.15) is 34.0 Å². The number of amides is 2. The number of alkyl halides is 1. The van der Waals surface area contributed by atoms with Crippen molar-refractivity contribution in [3.63, 3.8) is 0 Å². The molecule has 1 aliphatic heterocycles. The lowest BCUT2D eigenvalue weighted by molar-refractivity contribution is -0.138. The van der Waals surface area contributed by atoms with Gasteiger partial charge in [-0.25, -0.2) is 28.1 Å². The minimum Gasteiger partial charge on any atom is -0.480 e. The fourth-order valence-electron chi connectivity index (χ4n) is 4.36. The molecule has 6 atom stereocenters. The third-order valence-corrected chi connectivity index (χ3v) is 10.2. The Bertz CT molecular complexity index is 1770. The molecule has 2 amide bonds. The van der Waals surface area contributed by atoms with Crippen LogP contribution in [0.1, 0.15) is 74.6 Å². The van der Waals surface area contributed by atoms with Gasteiger partial charge in [0.2, 0.25) is 0 Å². The maximum absolute atomic E-state index is 16.4. The van der Waals surface area contributed by atoms with Crippen molar-refractivity contribution in [2.75, 3.05) is 11.5 Å². The summed E-state index contributed by atoms with van der Waals surface area (Å²) in [4.78, 5) is 68.4. The van der Waals surface area contributed by atoms with Gasteiger partial charge in [0.25, 0.3) is 0 Å². The molecule has 2 N–H and O–H groups in total. The number of ether oxygens (including phenoxy) is 4. The molecule has 2 unspecified atom stereocenters. The van der Waals surface area contributed by atoms with E-state index >= 15 is 4.39 Å². The summed E-state index contributed by atoms with van der Waals surface area (Å²) in [6, 6.07) is 5.70. The van der Waals surface area contributed by atoms with Crippen LogP contribution in [-0.2, 0) is 32.8 Å². The number of carboxylic acid groups (broad SMARTS) is 1. The first kappa shape index (κ1) is 44.7. The molecule has 21 heteroatoms. The van der Waals surface area contributed by atoms with Crippen molar-refractivity contribution in [1.82, 2.24) is 14.6 Å². The van der Waals surface area contributed by atoms with E-state index in [0.29, 0.717) is 9.37 Å². The third kappa shape index (κ3) is 13.2. The number of nitrogens with one attached hydrogen (secondary N) is 1. The molecule has 300 valence electrons. The number of thioether (sulfide) groups is 1. The fraction of sp³-hybridized carbons (Fsp3) is 0.576. The Balaban J connectivity index is 2.00. The Labute approximate surface area is 324 Å². The van der Waals surface area contributed by atoms with E-state index in [0.717, 1.165) is 28.6 Å². The van der Waals surface area contributed by atoms with E-state index in [9.17, 15) is 33.6 Å². The van der Waals surface area contributed by atoms with Gasteiger partial charge in [0.05, 0.1) is 11.9 Å². The normalized spacial score (nSPS) is 20.6. The van der Waals surface area contributed by atoms with E-state index < -0.39 is 95.9 Å². The van der Waals surface area contributed by atoms with Crippen LogP contribution in [0.4, 0.5) is 24.6 Å². The van der Waals surface area contributed by atoms with Gasteiger partial charge in [-0.1, -0.05) is 15.9 Å². The topological polar surface area (TPSA) is 211 Å². The zero-order valence-electron chi connectivity index (χ0n) is 31.4. The second kappa shape index (κ2) is 17.4. The smallest absolute Gasteiger partial charge is 0.480 e.